The first-order chi connectivity index (χ1) is 23.0. The number of anilines is 1. The molecule has 0 bridgehead atoms. The van der Waals surface area contributed by atoms with E-state index >= 15 is 0 Å². The number of aromatic nitrogens is 1. The number of allylic oxidation sites excluding steroid dienone is 2. The minimum atomic E-state index is -5.20. The third kappa shape index (κ3) is 7.38. The second-order valence-electron chi connectivity index (χ2n) is 12.0. The Morgan fingerprint density at radius 2 is 1.69 bits per heavy atom. The highest BCUT2D eigenvalue weighted by Crippen LogP contribution is 2.49. The molecule has 1 saturated heterocycles. The third-order valence-corrected chi connectivity index (χ3v) is 9.32. The number of aliphatic hydroxyl groups is 2. The van der Waals surface area contributed by atoms with E-state index in [0.29, 0.717) is 51.4 Å². The van der Waals surface area contributed by atoms with Gasteiger partial charge in [0, 0.05) is 12.1 Å². The van der Waals surface area contributed by atoms with Crippen LogP contribution in [0.4, 0.5) is 32.0 Å². The number of aromatic hydroxyl groups is 1. The molecule has 7 nitrogen and oxygen atoms in total. The number of fused-ring (bicyclic) bond motifs is 1. The summed E-state index contributed by atoms with van der Waals surface area (Å²) in [6.07, 6.45) is -7.85. The van der Waals surface area contributed by atoms with Gasteiger partial charge in [-0.15, -0.1) is 0 Å². The van der Waals surface area contributed by atoms with Gasteiger partial charge in [-0.2, -0.15) is 26.3 Å². The molecule has 1 aliphatic heterocycles. The van der Waals surface area contributed by atoms with Crippen molar-refractivity contribution in [3.63, 3.8) is 0 Å². The molecule has 3 N–H and O–H groups in total. The normalized spacial score (nSPS) is 21.0. The largest absolute Gasteiger partial charge is 0.508 e. The fourth-order valence-corrected chi connectivity index (χ4v) is 6.94. The Labute approximate surface area is 282 Å². The molecule has 260 valence electrons. The molecule has 1 aliphatic carbocycles. The van der Waals surface area contributed by atoms with Crippen LogP contribution >= 0.6 is 11.6 Å². The molecule has 2 heterocycles. The molecular weight excluding hydrogens is 678 g/mol. The number of nitrogens with zero attached hydrogens (tertiary/aromatic N) is 2. The quantitative estimate of drug-likeness (QED) is 0.120. The lowest BCUT2D eigenvalue weighted by atomic mass is 9.67. The van der Waals surface area contributed by atoms with E-state index < -0.39 is 71.4 Å². The molecule has 0 radical (unpaired) electrons. The lowest BCUT2D eigenvalue weighted by Crippen LogP contribution is -2.39. The van der Waals surface area contributed by atoms with Gasteiger partial charge in [0.15, 0.2) is 0 Å². The van der Waals surface area contributed by atoms with Crippen molar-refractivity contribution in [3.8, 4) is 5.75 Å². The molecule has 4 atom stereocenters. The van der Waals surface area contributed by atoms with Crippen LogP contribution in [0.15, 0.2) is 71.9 Å². The van der Waals surface area contributed by atoms with Gasteiger partial charge in [0.2, 0.25) is 11.8 Å². The molecule has 5 rings (SSSR count). The number of pyridine rings is 1. The van der Waals surface area contributed by atoms with E-state index in [-0.39, 0.29) is 36.1 Å². The summed E-state index contributed by atoms with van der Waals surface area (Å²) >= 11 is 6.33. The lowest BCUT2D eigenvalue weighted by molar-refractivity contribution is -0.143. The van der Waals surface area contributed by atoms with E-state index in [1.54, 1.807) is 43.5 Å². The highest BCUT2D eigenvalue weighted by molar-refractivity contribution is 6.32. The van der Waals surface area contributed by atoms with Crippen molar-refractivity contribution in [1.82, 2.24) is 4.98 Å². The summed E-state index contributed by atoms with van der Waals surface area (Å²) in [4.78, 5) is 32.1. The van der Waals surface area contributed by atoms with Gasteiger partial charge in [0.05, 0.1) is 52.1 Å². The number of aliphatic hydroxyl groups excluding tert-OH is 2. The molecule has 14 heteroatoms. The van der Waals surface area contributed by atoms with Crippen LogP contribution in [0.2, 0.25) is 5.02 Å². The monoisotopic (exact) mass is 708 g/mol. The average Bonchev–Trinajstić information content (AvgIpc) is 3.30. The first-order valence-electron chi connectivity index (χ1n) is 15.3. The molecule has 2 amide bonds. The van der Waals surface area contributed by atoms with Crippen LogP contribution in [0.5, 0.6) is 5.75 Å². The van der Waals surface area contributed by atoms with Crippen molar-refractivity contribution in [2.75, 3.05) is 11.5 Å². The van der Waals surface area contributed by atoms with Gasteiger partial charge in [-0.1, -0.05) is 30.2 Å². The number of hydrogen-bond donors (Lipinski definition) is 3. The Bertz CT molecular complexity index is 1780. The zero-order valence-corrected chi connectivity index (χ0v) is 26.7. The highest BCUT2D eigenvalue weighted by Gasteiger charge is 2.55. The number of benzene rings is 2. The Balaban J connectivity index is 1.47. The zero-order valence-electron chi connectivity index (χ0n) is 25.9. The number of carbonyl (C=O) groups is 2. The van der Waals surface area contributed by atoms with Gasteiger partial charge in [0.1, 0.15) is 5.75 Å². The summed E-state index contributed by atoms with van der Waals surface area (Å²) in [5.41, 5.74) is -1.59. The third-order valence-electron chi connectivity index (χ3n) is 8.99. The summed E-state index contributed by atoms with van der Waals surface area (Å²) in [5.74, 6) is -5.70. The van der Waals surface area contributed by atoms with E-state index in [2.05, 4.69) is 4.98 Å². The van der Waals surface area contributed by atoms with Crippen LogP contribution in [0.3, 0.4) is 0 Å². The Morgan fingerprint density at radius 3 is 2.24 bits per heavy atom. The van der Waals surface area contributed by atoms with Crippen LogP contribution in [-0.4, -0.2) is 44.8 Å². The fourth-order valence-electron chi connectivity index (χ4n) is 6.72. The maximum atomic E-state index is 13.8. The number of phenols is 1. The summed E-state index contributed by atoms with van der Waals surface area (Å²) in [6, 6.07) is 10.2. The molecule has 0 spiro atoms. The van der Waals surface area contributed by atoms with Gasteiger partial charge in [-0.3, -0.25) is 14.6 Å². The van der Waals surface area contributed by atoms with Gasteiger partial charge in [-0.25, -0.2) is 4.90 Å². The van der Waals surface area contributed by atoms with E-state index in [9.17, 15) is 51.3 Å². The van der Waals surface area contributed by atoms with Crippen LogP contribution in [-0.2, 0) is 21.9 Å². The molecule has 0 saturated carbocycles. The fraction of sp³-hybridized carbons (Fsp3) is 0.343. The molecule has 3 aromatic rings. The van der Waals surface area contributed by atoms with Crippen molar-refractivity contribution in [3.05, 3.63) is 99.3 Å². The average molecular weight is 709 g/mol. The predicted octanol–water partition coefficient (Wildman–Crippen LogP) is 7.68. The standard InChI is InChI=1S/C35H31ClF6N2O5/c1-2-18-12-25-31(33(49)44(32(25)48)23-14-21(34(37,38)39)13-22(15-23)35(40,41)42)26(17-45)30(18)29(47)9-7-20(28-5-3-4-10-43-28)11-19-6-8-24(46)16-27(19)36/h3-6,8,10-11,13-16,25-26,29,31,45-47H,2,7,9,12,17H2,1H3/b20-11-/t25-,26+,29-,31-/m1/s1. The molecular formula is C35H31ClF6N2O5. The van der Waals surface area contributed by atoms with Crippen LogP contribution in [0, 0.1) is 17.8 Å². The molecule has 2 aromatic carbocycles. The van der Waals surface area contributed by atoms with Crippen molar-refractivity contribution < 1.29 is 51.3 Å². The van der Waals surface area contributed by atoms with Gasteiger partial charge in [0.25, 0.3) is 0 Å². The Kier molecular flexibility index (Phi) is 10.3. The molecule has 2 aliphatic rings. The van der Waals surface area contributed by atoms with Crippen molar-refractivity contribution in [2.45, 2.75) is 51.1 Å². The summed E-state index contributed by atoms with van der Waals surface area (Å²) in [6.45, 7) is 1.02. The topological polar surface area (TPSA) is 111 Å². The molecule has 0 unspecified atom stereocenters. The second-order valence-corrected chi connectivity index (χ2v) is 12.4. The molecule has 1 aromatic heterocycles. The zero-order chi connectivity index (χ0) is 35.8. The van der Waals surface area contributed by atoms with Crippen molar-refractivity contribution in [1.29, 1.82) is 0 Å². The number of hydrogen-bond acceptors (Lipinski definition) is 6. The Hall–Kier alpha value is -4.20. The van der Waals surface area contributed by atoms with E-state index in [4.69, 9.17) is 11.6 Å². The number of rotatable bonds is 9. The van der Waals surface area contributed by atoms with E-state index in [1.807, 2.05) is 0 Å². The predicted molar refractivity (Wildman–Crippen MR) is 169 cm³/mol. The van der Waals surface area contributed by atoms with Gasteiger partial charge >= 0.3 is 12.4 Å². The summed E-state index contributed by atoms with van der Waals surface area (Å²) in [7, 11) is 0. The van der Waals surface area contributed by atoms with Crippen molar-refractivity contribution >= 4 is 40.8 Å². The van der Waals surface area contributed by atoms with Crippen molar-refractivity contribution in [2.24, 2.45) is 17.8 Å². The SMILES string of the molecule is CCC1=C([C@H](O)CC/C(=C/c2ccc(O)cc2Cl)c2ccccn2)[C@H](CO)[C@@H]2C(=O)N(c3cc(C(F)(F)F)cc(C(F)(F)F)c3)C(=O)[C@@H]2C1. The number of alkyl halides is 6. The number of carbonyl (C=O) groups excluding carboxylic acids is 2. The lowest BCUT2D eigenvalue weighted by Gasteiger charge is -2.36. The minimum absolute atomic E-state index is 0.0333. The first-order valence-corrected chi connectivity index (χ1v) is 15.7. The van der Waals surface area contributed by atoms with Crippen LogP contribution < -0.4 is 4.90 Å². The Morgan fingerprint density at radius 1 is 1.02 bits per heavy atom. The van der Waals surface area contributed by atoms with Gasteiger partial charge in [-0.05, 0) is 97.0 Å². The van der Waals surface area contributed by atoms with E-state index in [0.717, 1.165) is 0 Å². The number of amides is 2. The minimum Gasteiger partial charge on any atom is -0.508 e. The van der Waals surface area contributed by atoms with Crippen LogP contribution in [0.25, 0.3) is 11.6 Å². The summed E-state index contributed by atoms with van der Waals surface area (Å²) < 4.78 is 81.7. The van der Waals surface area contributed by atoms with E-state index in [1.165, 1.54) is 12.1 Å². The maximum absolute atomic E-state index is 13.8. The highest BCUT2D eigenvalue weighted by atomic mass is 35.5. The second kappa shape index (κ2) is 14.0. The summed E-state index contributed by atoms with van der Waals surface area (Å²) in [5, 5.41) is 32.2. The van der Waals surface area contributed by atoms with Crippen LogP contribution in [0.1, 0.15) is 55.0 Å². The number of phenolic OH excluding ortho intramolecular Hbond substituents is 1. The van der Waals surface area contributed by atoms with Gasteiger partial charge < -0.3 is 15.3 Å². The smallest absolute Gasteiger partial charge is 0.416 e. The first kappa shape index (κ1) is 36.1. The number of halogens is 7. The molecule has 1 fully saturated rings. The maximum Gasteiger partial charge on any atom is 0.416 e. The number of imide groups is 1. The molecule has 49 heavy (non-hydrogen) atoms.